The summed E-state index contributed by atoms with van der Waals surface area (Å²) in [6.45, 7) is 0. The molecule has 0 aliphatic heterocycles. The number of hydrogen-bond acceptors (Lipinski definition) is 1. The molecule has 10 heavy (non-hydrogen) atoms. The Morgan fingerprint density at radius 3 is 2.80 bits per heavy atom. The van der Waals surface area contributed by atoms with Gasteiger partial charge in [-0.05, 0) is 0 Å². The van der Waals surface area contributed by atoms with Crippen LogP contribution in [0.4, 0.5) is 0 Å². The molecule has 0 radical (unpaired) electrons. The summed E-state index contributed by atoms with van der Waals surface area (Å²) in [6.07, 6.45) is 2.02. The Balaban J connectivity index is 0.000000810. The van der Waals surface area contributed by atoms with Crippen LogP contribution in [-0.4, -0.2) is 5.75 Å². The molecule has 0 aromatic heterocycles. The first kappa shape index (κ1) is 10.1. The molecule has 1 aromatic carbocycles. The van der Waals surface area contributed by atoms with Crippen molar-refractivity contribution in [3.63, 3.8) is 0 Å². The first-order chi connectivity index (χ1) is 4.43. The van der Waals surface area contributed by atoms with Crippen LogP contribution in [0.25, 0.3) is 0 Å². The minimum absolute atomic E-state index is 0. The molecule has 0 nitrogen and oxygen atoms in total. The fourth-order valence-corrected chi connectivity index (χ4v) is 0.829. The van der Waals surface area contributed by atoms with Crippen molar-refractivity contribution in [2.45, 2.75) is 0 Å². The zero-order valence-corrected chi connectivity index (χ0v) is 8.83. The molecular formula is C8H8OsS. The largest absolute Gasteiger partial charge is 2.00 e. The van der Waals surface area contributed by atoms with Crippen LogP contribution in [0.5, 0.6) is 0 Å². The molecule has 1 rings (SSSR count). The predicted molar refractivity (Wildman–Crippen MR) is 42.5 cm³/mol. The van der Waals surface area contributed by atoms with Crippen LogP contribution in [0.1, 0.15) is 5.56 Å². The van der Waals surface area contributed by atoms with E-state index in [4.69, 9.17) is 0 Å². The molecule has 0 N–H and O–H groups in total. The summed E-state index contributed by atoms with van der Waals surface area (Å²) >= 11 is 4.06. The van der Waals surface area contributed by atoms with E-state index >= 15 is 0 Å². The molecule has 0 amide bonds. The molecule has 2 heteroatoms. The molecule has 0 bridgehead atoms. The Hall–Kier alpha value is 0.0764. The summed E-state index contributed by atoms with van der Waals surface area (Å²) < 4.78 is 0. The third-order valence-electron chi connectivity index (χ3n) is 1.04. The predicted octanol–water partition coefficient (Wildman–Crippen LogP) is 1.97. The van der Waals surface area contributed by atoms with E-state index < -0.39 is 0 Å². The number of thiol groups is 1. The second-order valence-electron chi connectivity index (χ2n) is 1.70. The summed E-state index contributed by atoms with van der Waals surface area (Å²) in [5, 5.41) is 0. The molecule has 0 fully saturated rings. The van der Waals surface area contributed by atoms with E-state index in [1.165, 1.54) is 0 Å². The van der Waals surface area contributed by atoms with Crippen molar-refractivity contribution >= 4 is 12.6 Å². The topological polar surface area (TPSA) is 0 Å². The SMILES string of the molecule is SC[CH-]c1[c-]cccc1.[Os+2]. The normalized spacial score (nSPS) is 8.10. The van der Waals surface area contributed by atoms with Crippen molar-refractivity contribution in [3.8, 4) is 0 Å². The average molecular weight is 326 g/mol. The molecule has 0 unspecified atom stereocenters. The van der Waals surface area contributed by atoms with Crippen molar-refractivity contribution in [2.75, 3.05) is 5.75 Å². The van der Waals surface area contributed by atoms with E-state index in [-0.39, 0.29) is 19.8 Å². The van der Waals surface area contributed by atoms with Crippen LogP contribution < -0.4 is 0 Å². The third-order valence-corrected chi connectivity index (χ3v) is 1.23. The van der Waals surface area contributed by atoms with E-state index in [1.54, 1.807) is 0 Å². The van der Waals surface area contributed by atoms with Crippen molar-refractivity contribution in [3.05, 3.63) is 42.3 Å². The van der Waals surface area contributed by atoms with Gasteiger partial charge in [-0.15, -0.1) is 6.07 Å². The van der Waals surface area contributed by atoms with Crippen LogP contribution in [0, 0.1) is 12.5 Å². The van der Waals surface area contributed by atoms with Crippen LogP contribution in [-0.2, 0) is 19.8 Å². The minimum atomic E-state index is 0. The minimum Gasteiger partial charge on any atom is -0.370 e. The molecule has 0 saturated carbocycles. The zero-order chi connectivity index (χ0) is 6.53. The maximum atomic E-state index is 4.06. The van der Waals surface area contributed by atoms with Gasteiger partial charge in [0.1, 0.15) is 0 Å². The quantitative estimate of drug-likeness (QED) is 0.623. The van der Waals surface area contributed by atoms with Gasteiger partial charge in [0.2, 0.25) is 0 Å². The number of benzene rings is 1. The van der Waals surface area contributed by atoms with E-state index in [0.29, 0.717) is 0 Å². The van der Waals surface area contributed by atoms with Gasteiger partial charge in [-0.1, -0.05) is 5.75 Å². The fourth-order valence-electron chi connectivity index (χ4n) is 0.633. The molecule has 54 valence electrons. The second kappa shape index (κ2) is 5.83. The Morgan fingerprint density at radius 2 is 2.30 bits per heavy atom. The van der Waals surface area contributed by atoms with Gasteiger partial charge in [-0.25, -0.2) is 0 Å². The summed E-state index contributed by atoms with van der Waals surface area (Å²) in [4.78, 5) is 0. The van der Waals surface area contributed by atoms with Crippen LogP contribution in [0.15, 0.2) is 24.3 Å². The summed E-state index contributed by atoms with van der Waals surface area (Å²) in [5.41, 5.74) is 1.12. The molecule has 1 aromatic rings. The zero-order valence-electron chi connectivity index (χ0n) is 5.39. The summed E-state index contributed by atoms with van der Waals surface area (Å²) in [6, 6.07) is 10.9. The van der Waals surface area contributed by atoms with Gasteiger partial charge in [0.05, 0.1) is 0 Å². The van der Waals surface area contributed by atoms with Crippen molar-refractivity contribution in [2.24, 2.45) is 0 Å². The molecule has 0 heterocycles. The molecule has 0 saturated heterocycles. The van der Waals surface area contributed by atoms with Crippen LogP contribution in [0.2, 0.25) is 0 Å². The molecule has 0 atom stereocenters. The molecule has 0 spiro atoms. The Labute approximate surface area is 80.5 Å². The summed E-state index contributed by atoms with van der Waals surface area (Å²) in [5.74, 6) is 0.778. The van der Waals surface area contributed by atoms with E-state index in [0.717, 1.165) is 11.3 Å². The van der Waals surface area contributed by atoms with E-state index in [2.05, 4.69) is 18.7 Å². The smallest absolute Gasteiger partial charge is 0.370 e. The Morgan fingerprint density at radius 1 is 1.50 bits per heavy atom. The fraction of sp³-hybridized carbons (Fsp3) is 0.125. The Kier molecular flexibility index (Phi) is 5.88. The number of hydrogen-bond donors (Lipinski definition) is 1. The molecular weight excluding hydrogens is 318 g/mol. The average Bonchev–Trinajstić information content (AvgIpc) is 1.91. The molecule has 0 aliphatic carbocycles. The second-order valence-corrected chi connectivity index (χ2v) is 2.07. The number of rotatable bonds is 2. The van der Waals surface area contributed by atoms with Crippen molar-refractivity contribution in [1.29, 1.82) is 0 Å². The van der Waals surface area contributed by atoms with Gasteiger partial charge in [0, 0.05) is 0 Å². The standard InChI is InChI=1S/C8H8S.Os/c9-7-6-8-4-2-1-3-5-8;/h1-4,6,9H,7H2;/q-2;+2. The van der Waals surface area contributed by atoms with Gasteiger partial charge in [0.15, 0.2) is 0 Å². The monoisotopic (exact) mass is 328 g/mol. The van der Waals surface area contributed by atoms with Crippen LogP contribution in [0.3, 0.4) is 0 Å². The van der Waals surface area contributed by atoms with Gasteiger partial charge < -0.3 is 11.6 Å². The van der Waals surface area contributed by atoms with Gasteiger partial charge in [-0.3, -0.25) is 12.5 Å². The third kappa shape index (κ3) is 3.30. The van der Waals surface area contributed by atoms with E-state index in [9.17, 15) is 0 Å². The van der Waals surface area contributed by atoms with Crippen LogP contribution >= 0.6 is 12.6 Å². The van der Waals surface area contributed by atoms with E-state index in [1.807, 2.05) is 30.7 Å². The van der Waals surface area contributed by atoms with Gasteiger partial charge in [0.25, 0.3) is 0 Å². The first-order valence-electron chi connectivity index (χ1n) is 2.84. The van der Waals surface area contributed by atoms with Crippen molar-refractivity contribution < 1.29 is 19.8 Å². The van der Waals surface area contributed by atoms with Gasteiger partial charge in [-0.2, -0.15) is 24.8 Å². The first-order valence-corrected chi connectivity index (χ1v) is 3.47. The molecule has 0 aliphatic rings. The van der Waals surface area contributed by atoms with Gasteiger partial charge >= 0.3 is 19.8 Å². The van der Waals surface area contributed by atoms with Crippen molar-refractivity contribution in [1.82, 2.24) is 0 Å². The maximum Gasteiger partial charge on any atom is 2.00 e. The maximum absolute atomic E-state index is 4.06. The Bertz CT molecular complexity index is 162. The summed E-state index contributed by atoms with van der Waals surface area (Å²) in [7, 11) is 0.